The smallest absolute Gasteiger partial charge is 0.333 e. The van der Waals surface area contributed by atoms with Gasteiger partial charge in [-0.3, -0.25) is 9.59 Å². The van der Waals surface area contributed by atoms with Gasteiger partial charge in [-0.25, -0.2) is 4.79 Å². The second kappa shape index (κ2) is 15.5. The second-order valence-electron chi connectivity index (χ2n) is 7.11. The van der Waals surface area contributed by atoms with E-state index in [1.807, 2.05) is 13.8 Å². The summed E-state index contributed by atoms with van der Waals surface area (Å²) in [5.41, 5.74) is 5.64. The van der Waals surface area contributed by atoms with Crippen LogP contribution in [0.4, 0.5) is 0 Å². The Morgan fingerprint density at radius 3 is 2.45 bits per heavy atom. The molecule has 1 unspecified atom stereocenters. The molecule has 0 aromatic heterocycles. The highest BCUT2D eigenvalue weighted by atomic mass is 16.5. The minimum Gasteiger partial charge on any atom is -0.461 e. The first-order valence-corrected chi connectivity index (χ1v) is 10.2. The number of nitrogens with two attached hydrogens (primary N) is 1. The average Bonchev–Trinajstić information content (AvgIpc) is 3.01. The van der Waals surface area contributed by atoms with Crippen molar-refractivity contribution in [2.75, 3.05) is 26.2 Å². The van der Waals surface area contributed by atoms with Crippen LogP contribution in [-0.4, -0.2) is 48.9 Å². The van der Waals surface area contributed by atoms with Crippen molar-refractivity contribution >= 4 is 17.8 Å². The summed E-state index contributed by atoms with van der Waals surface area (Å²) in [7, 11) is 0. The molecule has 0 spiro atoms. The maximum atomic E-state index is 11.1. The van der Waals surface area contributed by atoms with E-state index in [2.05, 4.69) is 25.1 Å². The Labute approximate surface area is 175 Å². The first kappa shape index (κ1) is 26.6. The van der Waals surface area contributed by atoms with E-state index in [1.54, 1.807) is 17.2 Å². The summed E-state index contributed by atoms with van der Waals surface area (Å²) in [6.45, 7) is 16.8. The van der Waals surface area contributed by atoms with E-state index in [1.165, 1.54) is 0 Å². The standard InChI is InChI=1S/C8H15NO2.C8H13NO.C6H9NO/c1-6(2)7(3)8(10)11-5-4-9;1-2-7-5-3-4-6-9-8(7)10;1-2-7-5-3-4-6(7)8/h6H,3-5,9H2,1-2H3;2,7H,1,3-6H2,(H,9,10);2H,1,3-5H2. The van der Waals surface area contributed by atoms with Crippen molar-refractivity contribution < 1.29 is 19.1 Å². The summed E-state index contributed by atoms with van der Waals surface area (Å²) >= 11 is 0. The van der Waals surface area contributed by atoms with Crippen LogP contribution in [0.25, 0.3) is 0 Å². The Bertz CT molecular complexity index is 572. The molecular weight excluding hydrogens is 370 g/mol. The number of hydrogen-bond donors (Lipinski definition) is 2. The number of carbonyl (C=O) groups excluding carboxylic acids is 3. The van der Waals surface area contributed by atoms with Gasteiger partial charge in [-0.05, 0) is 31.4 Å². The molecule has 7 heteroatoms. The Morgan fingerprint density at radius 1 is 1.31 bits per heavy atom. The van der Waals surface area contributed by atoms with Crippen LogP contribution in [0.2, 0.25) is 0 Å². The van der Waals surface area contributed by atoms with E-state index in [-0.39, 0.29) is 36.2 Å². The van der Waals surface area contributed by atoms with Gasteiger partial charge in [0, 0.05) is 31.6 Å². The van der Waals surface area contributed by atoms with E-state index >= 15 is 0 Å². The lowest BCUT2D eigenvalue weighted by molar-refractivity contribution is -0.139. The number of amides is 2. The minimum absolute atomic E-state index is 0.0579. The van der Waals surface area contributed by atoms with Crippen LogP contribution in [-0.2, 0) is 19.1 Å². The molecule has 3 N–H and O–H groups in total. The molecule has 7 nitrogen and oxygen atoms in total. The van der Waals surface area contributed by atoms with Gasteiger partial charge in [0.25, 0.3) is 0 Å². The molecule has 0 aromatic carbocycles. The predicted molar refractivity (Wildman–Crippen MR) is 116 cm³/mol. The Kier molecular flexibility index (Phi) is 14.2. The van der Waals surface area contributed by atoms with E-state index < -0.39 is 0 Å². The van der Waals surface area contributed by atoms with Crippen molar-refractivity contribution in [2.24, 2.45) is 17.6 Å². The highest BCUT2D eigenvalue weighted by Gasteiger charge is 2.16. The van der Waals surface area contributed by atoms with E-state index in [9.17, 15) is 14.4 Å². The molecule has 29 heavy (non-hydrogen) atoms. The molecular formula is C22H37N3O4. The topological polar surface area (TPSA) is 102 Å². The molecule has 2 aliphatic rings. The lowest BCUT2D eigenvalue weighted by Gasteiger charge is -2.07. The van der Waals surface area contributed by atoms with Gasteiger partial charge in [-0.15, -0.1) is 6.58 Å². The lowest BCUT2D eigenvalue weighted by atomic mass is 10.0. The second-order valence-corrected chi connectivity index (χ2v) is 7.11. The van der Waals surface area contributed by atoms with Crippen LogP contribution in [0.1, 0.15) is 46.0 Å². The van der Waals surface area contributed by atoms with Crippen LogP contribution in [0.15, 0.2) is 37.6 Å². The quantitative estimate of drug-likeness (QED) is 0.400. The molecule has 2 fully saturated rings. The van der Waals surface area contributed by atoms with Crippen molar-refractivity contribution in [2.45, 2.75) is 46.0 Å². The van der Waals surface area contributed by atoms with Crippen LogP contribution >= 0.6 is 0 Å². The van der Waals surface area contributed by atoms with Gasteiger partial charge in [0.05, 0.1) is 5.92 Å². The van der Waals surface area contributed by atoms with E-state index in [4.69, 9.17) is 10.5 Å². The molecule has 2 heterocycles. The van der Waals surface area contributed by atoms with Crippen molar-refractivity contribution in [3.63, 3.8) is 0 Å². The summed E-state index contributed by atoms with van der Waals surface area (Å²) in [6.07, 6.45) is 8.23. The largest absolute Gasteiger partial charge is 0.461 e. The van der Waals surface area contributed by atoms with Crippen molar-refractivity contribution in [3.05, 3.63) is 37.6 Å². The monoisotopic (exact) mass is 407 g/mol. The SMILES string of the molecule is C=C(C(=O)OCCN)C(C)C.C=CC1CCCCNC1=O.C=CN1CCCC1=O. The maximum Gasteiger partial charge on any atom is 0.333 e. The minimum atomic E-state index is -0.342. The third kappa shape index (κ3) is 11.2. The van der Waals surface area contributed by atoms with Gasteiger partial charge in [-0.1, -0.05) is 39.5 Å². The van der Waals surface area contributed by atoms with Gasteiger partial charge in [-0.2, -0.15) is 0 Å². The molecule has 0 saturated carbocycles. The molecule has 0 radical (unpaired) electrons. The molecule has 2 amide bonds. The molecule has 0 aromatic rings. The zero-order chi connectivity index (χ0) is 22.2. The Balaban J connectivity index is 0.000000410. The van der Waals surface area contributed by atoms with Gasteiger partial charge >= 0.3 is 5.97 Å². The van der Waals surface area contributed by atoms with Crippen LogP contribution in [0.3, 0.4) is 0 Å². The fourth-order valence-electron chi connectivity index (χ4n) is 2.53. The van der Waals surface area contributed by atoms with Gasteiger partial charge in [0.2, 0.25) is 11.8 Å². The highest BCUT2D eigenvalue weighted by molar-refractivity contribution is 5.88. The number of ether oxygens (including phenoxy) is 1. The fourth-order valence-corrected chi connectivity index (χ4v) is 2.53. The molecule has 2 rings (SSSR count). The number of hydrogen-bond acceptors (Lipinski definition) is 5. The van der Waals surface area contributed by atoms with Crippen LogP contribution in [0, 0.1) is 11.8 Å². The number of esters is 1. The third-order valence-corrected chi connectivity index (χ3v) is 4.50. The van der Waals surface area contributed by atoms with Gasteiger partial charge < -0.3 is 20.7 Å². The number of nitrogens with zero attached hydrogens (tertiary/aromatic N) is 1. The highest BCUT2D eigenvalue weighted by Crippen LogP contribution is 2.12. The summed E-state index contributed by atoms with van der Waals surface area (Å²) in [5, 5.41) is 2.84. The lowest BCUT2D eigenvalue weighted by Crippen LogP contribution is -2.27. The number of nitrogens with one attached hydrogen (secondary N) is 1. The molecule has 0 aliphatic carbocycles. The zero-order valence-corrected chi connectivity index (χ0v) is 18.0. The van der Waals surface area contributed by atoms with Crippen molar-refractivity contribution in [1.82, 2.24) is 10.2 Å². The van der Waals surface area contributed by atoms with Crippen molar-refractivity contribution in [3.8, 4) is 0 Å². The predicted octanol–water partition coefficient (Wildman–Crippen LogP) is 2.54. The molecule has 1 atom stereocenters. The molecule has 2 aliphatic heterocycles. The maximum absolute atomic E-state index is 11.1. The molecule has 0 bridgehead atoms. The summed E-state index contributed by atoms with van der Waals surface area (Å²) in [5.74, 6) is 0.209. The number of carbonyl (C=O) groups is 3. The van der Waals surface area contributed by atoms with Crippen LogP contribution in [0.5, 0.6) is 0 Å². The Hall–Kier alpha value is -2.41. The first-order valence-electron chi connectivity index (χ1n) is 10.2. The first-order chi connectivity index (χ1) is 13.8. The van der Waals surface area contributed by atoms with Crippen molar-refractivity contribution in [1.29, 1.82) is 0 Å². The van der Waals surface area contributed by atoms with E-state index in [0.29, 0.717) is 18.5 Å². The number of rotatable bonds is 6. The third-order valence-electron chi connectivity index (χ3n) is 4.50. The molecule has 164 valence electrons. The number of likely N-dealkylation sites (tertiary alicyclic amines) is 1. The summed E-state index contributed by atoms with van der Waals surface area (Å²) < 4.78 is 4.75. The fraction of sp³-hybridized carbons (Fsp3) is 0.591. The van der Waals surface area contributed by atoms with Crippen LogP contribution < -0.4 is 11.1 Å². The van der Waals surface area contributed by atoms with Gasteiger partial charge in [0.15, 0.2) is 0 Å². The normalized spacial score (nSPS) is 18.3. The summed E-state index contributed by atoms with van der Waals surface area (Å²) in [6, 6.07) is 0. The van der Waals surface area contributed by atoms with Gasteiger partial charge in [0.1, 0.15) is 6.61 Å². The molecule has 2 saturated heterocycles. The summed E-state index contributed by atoms with van der Waals surface area (Å²) in [4.78, 5) is 34.3. The zero-order valence-electron chi connectivity index (χ0n) is 18.0. The average molecular weight is 408 g/mol. The van der Waals surface area contributed by atoms with E-state index in [0.717, 1.165) is 38.8 Å². The Morgan fingerprint density at radius 2 is 2.00 bits per heavy atom.